The maximum atomic E-state index is 12.1. The van der Waals surface area contributed by atoms with Crippen molar-refractivity contribution < 1.29 is 18.3 Å². The lowest BCUT2D eigenvalue weighted by atomic mass is 10.1. The molecule has 0 bridgehead atoms. The number of rotatable bonds is 9. The Morgan fingerprint density at radius 2 is 1.85 bits per heavy atom. The Balaban J connectivity index is 1.72. The van der Waals surface area contributed by atoms with E-state index in [1.807, 2.05) is 11.9 Å². The minimum atomic E-state index is -2.82. The van der Waals surface area contributed by atoms with Crippen LogP contribution in [0.4, 0.5) is 8.78 Å². The minimum Gasteiger partial charge on any atom is -0.435 e. The van der Waals surface area contributed by atoms with Crippen LogP contribution in [0.2, 0.25) is 0 Å². The van der Waals surface area contributed by atoms with Crippen LogP contribution >= 0.6 is 0 Å². The van der Waals surface area contributed by atoms with Crippen LogP contribution in [-0.4, -0.2) is 37.6 Å². The second-order valence-electron chi connectivity index (χ2n) is 6.72. The van der Waals surface area contributed by atoms with Gasteiger partial charge in [0.2, 0.25) is 5.91 Å². The molecule has 0 saturated carbocycles. The molecule has 0 aromatic heterocycles. The van der Waals surface area contributed by atoms with Crippen LogP contribution in [-0.2, 0) is 17.8 Å². The Kier molecular flexibility index (Phi) is 7.73. The normalized spacial score (nSPS) is 11.1. The third-order valence-electron chi connectivity index (χ3n) is 4.24. The van der Waals surface area contributed by atoms with Crippen LogP contribution in [0.25, 0.3) is 0 Å². The van der Waals surface area contributed by atoms with E-state index in [1.54, 1.807) is 12.1 Å². The van der Waals surface area contributed by atoms with E-state index in [4.69, 9.17) is 0 Å². The molecule has 0 aliphatic carbocycles. The van der Waals surface area contributed by atoms with Crippen molar-refractivity contribution in [3.05, 3.63) is 64.7 Å². The highest BCUT2D eigenvalue weighted by atomic mass is 19.3. The average molecular weight is 376 g/mol. The first-order valence-corrected chi connectivity index (χ1v) is 8.88. The Hall–Kier alpha value is -2.47. The Labute approximate surface area is 159 Å². The average Bonchev–Trinajstić information content (AvgIpc) is 2.58. The van der Waals surface area contributed by atoms with Crippen LogP contribution in [0.3, 0.4) is 0 Å². The monoisotopic (exact) mass is 376 g/mol. The summed E-state index contributed by atoms with van der Waals surface area (Å²) >= 11 is 0. The number of alkyl halides is 2. The minimum absolute atomic E-state index is 0.0417. The van der Waals surface area contributed by atoms with Crippen molar-refractivity contribution in [3.63, 3.8) is 0 Å². The van der Waals surface area contributed by atoms with E-state index < -0.39 is 6.61 Å². The fraction of sp³-hybridized carbons (Fsp3) is 0.381. The van der Waals surface area contributed by atoms with Crippen molar-refractivity contribution in [1.82, 2.24) is 10.2 Å². The van der Waals surface area contributed by atoms with Gasteiger partial charge in [-0.1, -0.05) is 35.9 Å². The van der Waals surface area contributed by atoms with Gasteiger partial charge in [0.15, 0.2) is 0 Å². The highest BCUT2D eigenvalue weighted by molar-refractivity contribution is 5.77. The fourth-order valence-corrected chi connectivity index (χ4v) is 2.85. The number of hydrogen-bond acceptors (Lipinski definition) is 3. The number of ether oxygens (including phenoxy) is 1. The lowest BCUT2D eigenvalue weighted by molar-refractivity contribution is -0.122. The SMILES string of the molecule is Cc1ccc(CN(C)CC(=O)NCCc2ccc(OC(F)F)cc2)c(C)c1. The Morgan fingerprint density at radius 1 is 1.15 bits per heavy atom. The topological polar surface area (TPSA) is 41.6 Å². The van der Waals surface area contributed by atoms with Crippen LogP contribution in [0.1, 0.15) is 22.3 Å². The molecule has 2 aromatic rings. The number of nitrogens with zero attached hydrogens (tertiary/aromatic N) is 1. The number of benzene rings is 2. The highest BCUT2D eigenvalue weighted by Crippen LogP contribution is 2.15. The number of nitrogens with one attached hydrogen (secondary N) is 1. The second-order valence-corrected chi connectivity index (χ2v) is 6.72. The molecular weight excluding hydrogens is 350 g/mol. The van der Waals surface area contributed by atoms with E-state index in [1.165, 1.54) is 28.8 Å². The summed E-state index contributed by atoms with van der Waals surface area (Å²) in [5.74, 6) is 0.0886. The third-order valence-corrected chi connectivity index (χ3v) is 4.24. The molecule has 27 heavy (non-hydrogen) atoms. The van der Waals surface area contributed by atoms with Gasteiger partial charge in [0.1, 0.15) is 5.75 Å². The third kappa shape index (κ3) is 7.35. The lowest BCUT2D eigenvalue weighted by Crippen LogP contribution is -2.35. The van der Waals surface area contributed by atoms with Gasteiger partial charge < -0.3 is 10.1 Å². The van der Waals surface area contributed by atoms with E-state index in [0.717, 1.165) is 5.56 Å². The van der Waals surface area contributed by atoms with Gasteiger partial charge in [-0.3, -0.25) is 9.69 Å². The van der Waals surface area contributed by atoms with Gasteiger partial charge in [0.25, 0.3) is 0 Å². The molecule has 4 nitrogen and oxygen atoms in total. The number of carbonyl (C=O) groups is 1. The summed E-state index contributed by atoms with van der Waals surface area (Å²) < 4.78 is 28.6. The van der Waals surface area contributed by atoms with Gasteiger partial charge in [0, 0.05) is 13.1 Å². The molecule has 2 aromatic carbocycles. The fourth-order valence-electron chi connectivity index (χ4n) is 2.85. The predicted octanol–water partition coefficient (Wildman–Crippen LogP) is 3.70. The van der Waals surface area contributed by atoms with Crippen molar-refractivity contribution in [2.45, 2.75) is 33.4 Å². The molecule has 0 atom stereocenters. The number of aryl methyl sites for hydroxylation is 2. The highest BCUT2D eigenvalue weighted by Gasteiger charge is 2.09. The molecule has 1 N–H and O–H groups in total. The van der Waals surface area contributed by atoms with E-state index >= 15 is 0 Å². The summed E-state index contributed by atoms with van der Waals surface area (Å²) in [5.41, 5.74) is 4.61. The summed E-state index contributed by atoms with van der Waals surface area (Å²) in [5, 5.41) is 2.89. The number of amides is 1. The first-order valence-electron chi connectivity index (χ1n) is 8.88. The molecule has 0 fully saturated rings. The van der Waals surface area contributed by atoms with Gasteiger partial charge in [-0.05, 0) is 56.1 Å². The van der Waals surface area contributed by atoms with Crippen molar-refractivity contribution in [1.29, 1.82) is 0 Å². The predicted molar refractivity (Wildman–Crippen MR) is 102 cm³/mol. The molecule has 146 valence electrons. The largest absolute Gasteiger partial charge is 0.435 e. The molecule has 1 amide bonds. The van der Waals surface area contributed by atoms with Crippen molar-refractivity contribution in [2.24, 2.45) is 0 Å². The molecule has 0 aliphatic heterocycles. The van der Waals surface area contributed by atoms with Gasteiger partial charge in [-0.25, -0.2) is 0 Å². The molecule has 6 heteroatoms. The van der Waals surface area contributed by atoms with Crippen LogP contribution < -0.4 is 10.1 Å². The molecule has 0 saturated heterocycles. The maximum Gasteiger partial charge on any atom is 0.387 e. The zero-order valence-electron chi connectivity index (χ0n) is 16.0. The summed E-state index contributed by atoms with van der Waals surface area (Å²) in [4.78, 5) is 14.1. The van der Waals surface area contributed by atoms with Crippen LogP contribution in [0, 0.1) is 13.8 Å². The van der Waals surface area contributed by atoms with E-state index in [0.29, 0.717) is 26.1 Å². The van der Waals surface area contributed by atoms with Crippen molar-refractivity contribution in [3.8, 4) is 5.75 Å². The molecular formula is C21H26F2N2O2. The summed E-state index contributed by atoms with van der Waals surface area (Å²) in [6, 6.07) is 12.8. The number of halogens is 2. The Morgan fingerprint density at radius 3 is 2.48 bits per heavy atom. The number of hydrogen-bond donors (Lipinski definition) is 1. The van der Waals surface area contributed by atoms with Gasteiger partial charge >= 0.3 is 6.61 Å². The maximum absolute atomic E-state index is 12.1. The smallest absolute Gasteiger partial charge is 0.387 e. The van der Waals surface area contributed by atoms with Gasteiger partial charge in [-0.15, -0.1) is 0 Å². The zero-order chi connectivity index (χ0) is 19.8. The number of carbonyl (C=O) groups excluding carboxylic acids is 1. The van der Waals surface area contributed by atoms with Crippen LogP contribution in [0.15, 0.2) is 42.5 Å². The molecule has 2 rings (SSSR count). The molecule has 0 unspecified atom stereocenters. The summed E-state index contributed by atoms with van der Waals surface area (Å²) in [6.45, 7) is 2.84. The van der Waals surface area contributed by atoms with Gasteiger partial charge in [0.05, 0.1) is 6.54 Å². The Bertz CT molecular complexity index is 748. The van der Waals surface area contributed by atoms with Gasteiger partial charge in [-0.2, -0.15) is 8.78 Å². The van der Waals surface area contributed by atoms with Crippen LogP contribution in [0.5, 0.6) is 5.75 Å². The summed E-state index contributed by atoms with van der Waals surface area (Å²) in [6.07, 6.45) is 0.626. The molecule has 0 radical (unpaired) electrons. The van der Waals surface area contributed by atoms with Crippen molar-refractivity contribution in [2.75, 3.05) is 20.1 Å². The van der Waals surface area contributed by atoms with E-state index in [2.05, 4.69) is 42.1 Å². The first kappa shape index (κ1) is 20.8. The molecule has 0 heterocycles. The summed E-state index contributed by atoms with van der Waals surface area (Å²) in [7, 11) is 1.92. The standard InChI is InChI=1S/C21H26F2N2O2/c1-15-4-7-18(16(2)12-15)13-25(3)14-20(26)24-11-10-17-5-8-19(9-6-17)27-21(22)23/h4-9,12,21H,10-11,13-14H2,1-3H3,(H,24,26). The first-order chi connectivity index (χ1) is 12.8. The van der Waals surface area contributed by atoms with E-state index in [-0.39, 0.29) is 11.7 Å². The molecule has 0 spiro atoms. The zero-order valence-corrected chi connectivity index (χ0v) is 16.0. The molecule has 0 aliphatic rings. The van der Waals surface area contributed by atoms with Crippen molar-refractivity contribution >= 4 is 5.91 Å². The van der Waals surface area contributed by atoms with E-state index in [9.17, 15) is 13.6 Å². The second kappa shape index (κ2) is 10.0. The quantitative estimate of drug-likeness (QED) is 0.726. The lowest BCUT2D eigenvalue weighted by Gasteiger charge is -2.18. The number of likely N-dealkylation sites (N-methyl/N-ethyl adjacent to an activating group) is 1.